The Kier molecular flexibility index (Phi) is 6.90. The summed E-state index contributed by atoms with van der Waals surface area (Å²) >= 11 is 0. The van der Waals surface area contributed by atoms with Crippen molar-refractivity contribution in [2.24, 2.45) is 5.92 Å². The van der Waals surface area contributed by atoms with Gasteiger partial charge in [0.1, 0.15) is 5.82 Å². The molecule has 0 radical (unpaired) electrons. The van der Waals surface area contributed by atoms with Crippen LogP contribution in [0.25, 0.3) is 0 Å². The van der Waals surface area contributed by atoms with Crippen molar-refractivity contribution >= 4 is 17.8 Å². The third-order valence-electron chi connectivity index (χ3n) is 5.36. The zero-order chi connectivity index (χ0) is 19.1. The van der Waals surface area contributed by atoms with Crippen molar-refractivity contribution in [3.05, 3.63) is 23.9 Å². The maximum atomic E-state index is 12.5. The Morgan fingerprint density at radius 1 is 1.15 bits per heavy atom. The molecule has 2 aliphatic heterocycles. The zero-order valence-corrected chi connectivity index (χ0v) is 16.2. The molecule has 2 N–H and O–H groups in total. The Balaban J connectivity index is 1.52. The Labute approximate surface area is 161 Å². The van der Waals surface area contributed by atoms with Gasteiger partial charge in [-0.25, -0.2) is 9.78 Å². The summed E-state index contributed by atoms with van der Waals surface area (Å²) in [6.45, 7) is 6.32. The minimum atomic E-state index is -0.101. The third-order valence-corrected chi connectivity index (χ3v) is 5.36. The molecule has 2 fully saturated rings. The summed E-state index contributed by atoms with van der Waals surface area (Å²) in [5.41, 5.74) is 1.05. The number of pyridine rings is 1. The summed E-state index contributed by atoms with van der Waals surface area (Å²) in [6, 6.07) is 3.92. The zero-order valence-electron chi connectivity index (χ0n) is 16.2. The van der Waals surface area contributed by atoms with Crippen LogP contribution in [0.1, 0.15) is 44.6 Å². The molecule has 1 aromatic rings. The van der Waals surface area contributed by atoms with Gasteiger partial charge >= 0.3 is 6.03 Å². The van der Waals surface area contributed by atoms with E-state index in [4.69, 9.17) is 0 Å². The Bertz CT molecular complexity index is 645. The lowest BCUT2D eigenvalue weighted by Crippen LogP contribution is -2.48. The fraction of sp³-hybridized carbons (Fsp3) is 0.650. The normalized spacial score (nSPS) is 20.3. The standard InChI is InChI=1S/C20H31N5O2/c1-2-21-19(26)17-7-6-12-25(15-17)20(27)23-14-16-8-9-22-18(13-16)24-10-4-3-5-11-24/h8-9,13,17H,2-7,10-12,14-15H2,1H3,(H,21,26)(H,23,27)/t17-/m0/s1. The molecule has 0 unspecified atom stereocenters. The van der Waals surface area contributed by atoms with Gasteiger partial charge in [-0.1, -0.05) is 0 Å². The van der Waals surface area contributed by atoms with Gasteiger partial charge in [-0.3, -0.25) is 4.79 Å². The number of aromatic nitrogens is 1. The number of carbonyl (C=O) groups is 2. The highest BCUT2D eigenvalue weighted by Gasteiger charge is 2.28. The maximum Gasteiger partial charge on any atom is 0.317 e. The Morgan fingerprint density at radius 3 is 2.74 bits per heavy atom. The molecular formula is C20H31N5O2. The van der Waals surface area contributed by atoms with Crippen LogP contribution in [0.4, 0.5) is 10.6 Å². The van der Waals surface area contributed by atoms with Gasteiger partial charge in [-0.2, -0.15) is 0 Å². The first-order chi connectivity index (χ1) is 13.2. The van der Waals surface area contributed by atoms with Gasteiger partial charge in [0.2, 0.25) is 5.91 Å². The summed E-state index contributed by atoms with van der Waals surface area (Å²) < 4.78 is 0. The lowest BCUT2D eigenvalue weighted by Gasteiger charge is -2.32. The quantitative estimate of drug-likeness (QED) is 0.829. The van der Waals surface area contributed by atoms with Crippen molar-refractivity contribution in [2.45, 2.75) is 45.6 Å². The van der Waals surface area contributed by atoms with E-state index in [1.165, 1.54) is 19.3 Å². The molecule has 27 heavy (non-hydrogen) atoms. The van der Waals surface area contributed by atoms with Crippen molar-refractivity contribution < 1.29 is 9.59 Å². The number of urea groups is 1. The molecule has 2 saturated heterocycles. The predicted octanol–water partition coefficient (Wildman–Crippen LogP) is 2.13. The average molecular weight is 374 g/mol. The molecule has 3 heterocycles. The highest BCUT2D eigenvalue weighted by molar-refractivity contribution is 5.80. The predicted molar refractivity (Wildman–Crippen MR) is 106 cm³/mol. The first kappa shape index (κ1) is 19.5. The number of nitrogens with zero attached hydrogens (tertiary/aromatic N) is 3. The number of hydrogen-bond acceptors (Lipinski definition) is 4. The Hall–Kier alpha value is -2.31. The number of hydrogen-bond donors (Lipinski definition) is 2. The molecule has 1 atom stereocenters. The van der Waals surface area contributed by atoms with Crippen LogP contribution in [0, 0.1) is 5.92 Å². The summed E-state index contributed by atoms with van der Waals surface area (Å²) in [5, 5.41) is 5.86. The molecule has 148 valence electrons. The lowest BCUT2D eigenvalue weighted by atomic mass is 9.97. The molecule has 0 aromatic carbocycles. The molecule has 2 aliphatic rings. The molecule has 0 spiro atoms. The van der Waals surface area contributed by atoms with Crippen molar-refractivity contribution in [1.82, 2.24) is 20.5 Å². The second-order valence-corrected chi connectivity index (χ2v) is 7.41. The number of rotatable bonds is 5. The van der Waals surface area contributed by atoms with E-state index in [1.54, 1.807) is 4.90 Å². The molecule has 1 aromatic heterocycles. The SMILES string of the molecule is CCNC(=O)[C@H]1CCCN(C(=O)NCc2ccnc(N3CCCCC3)c2)C1. The van der Waals surface area contributed by atoms with Crippen LogP contribution in [0.2, 0.25) is 0 Å². The summed E-state index contributed by atoms with van der Waals surface area (Å²) in [4.78, 5) is 33.2. The van der Waals surface area contributed by atoms with Gasteiger partial charge in [0.25, 0.3) is 0 Å². The van der Waals surface area contributed by atoms with E-state index in [-0.39, 0.29) is 17.9 Å². The van der Waals surface area contributed by atoms with Gasteiger partial charge in [-0.15, -0.1) is 0 Å². The molecule has 0 aliphatic carbocycles. The van der Waals surface area contributed by atoms with Crippen molar-refractivity contribution in [3.63, 3.8) is 0 Å². The van der Waals surface area contributed by atoms with E-state index in [0.29, 0.717) is 26.2 Å². The van der Waals surface area contributed by atoms with Crippen LogP contribution >= 0.6 is 0 Å². The van der Waals surface area contributed by atoms with Gasteiger partial charge < -0.3 is 20.4 Å². The van der Waals surface area contributed by atoms with Crippen LogP contribution in [-0.2, 0) is 11.3 Å². The van der Waals surface area contributed by atoms with Crippen LogP contribution in [0.3, 0.4) is 0 Å². The van der Waals surface area contributed by atoms with Crippen molar-refractivity contribution in [2.75, 3.05) is 37.6 Å². The number of carbonyl (C=O) groups excluding carboxylic acids is 2. The van der Waals surface area contributed by atoms with Crippen molar-refractivity contribution in [1.29, 1.82) is 0 Å². The fourth-order valence-corrected chi connectivity index (χ4v) is 3.85. The molecule has 3 rings (SSSR count). The van der Waals surface area contributed by atoms with E-state index in [2.05, 4.69) is 26.6 Å². The van der Waals surface area contributed by atoms with E-state index >= 15 is 0 Å². The number of nitrogens with one attached hydrogen (secondary N) is 2. The number of anilines is 1. The molecule has 7 nitrogen and oxygen atoms in total. The van der Waals surface area contributed by atoms with Gasteiger partial charge in [0.15, 0.2) is 0 Å². The number of amides is 3. The van der Waals surface area contributed by atoms with Crippen LogP contribution < -0.4 is 15.5 Å². The average Bonchev–Trinajstić information content (AvgIpc) is 2.73. The minimum absolute atomic E-state index is 0.0512. The largest absolute Gasteiger partial charge is 0.357 e. The van der Waals surface area contributed by atoms with Crippen molar-refractivity contribution in [3.8, 4) is 0 Å². The van der Waals surface area contributed by atoms with Gasteiger partial charge in [0.05, 0.1) is 5.92 Å². The molecular weight excluding hydrogens is 342 g/mol. The lowest BCUT2D eigenvalue weighted by molar-refractivity contribution is -0.126. The van der Waals surface area contributed by atoms with E-state index in [1.807, 2.05) is 19.2 Å². The molecule has 7 heteroatoms. The number of likely N-dealkylation sites (tertiary alicyclic amines) is 1. The highest BCUT2D eigenvalue weighted by Crippen LogP contribution is 2.19. The van der Waals surface area contributed by atoms with Crippen LogP contribution in [0.15, 0.2) is 18.3 Å². The van der Waals surface area contributed by atoms with Crippen LogP contribution in [-0.4, -0.2) is 54.5 Å². The van der Waals surface area contributed by atoms with Gasteiger partial charge in [-0.05, 0) is 56.7 Å². The van der Waals surface area contributed by atoms with E-state index < -0.39 is 0 Å². The highest BCUT2D eigenvalue weighted by atomic mass is 16.2. The van der Waals surface area contributed by atoms with E-state index in [0.717, 1.165) is 37.3 Å². The minimum Gasteiger partial charge on any atom is -0.357 e. The summed E-state index contributed by atoms with van der Waals surface area (Å²) in [6.07, 6.45) is 7.24. The smallest absolute Gasteiger partial charge is 0.317 e. The maximum absolute atomic E-state index is 12.5. The first-order valence-electron chi connectivity index (χ1n) is 10.2. The third kappa shape index (κ3) is 5.34. The fourth-order valence-electron chi connectivity index (χ4n) is 3.85. The second-order valence-electron chi connectivity index (χ2n) is 7.41. The monoisotopic (exact) mass is 373 g/mol. The second kappa shape index (κ2) is 9.58. The summed E-state index contributed by atoms with van der Waals surface area (Å²) in [5.74, 6) is 0.946. The molecule has 3 amide bonds. The Morgan fingerprint density at radius 2 is 1.96 bits per heavy atom. The summed E-state index contributed by atoms with van der Waals surface area (Å²) in [7, 11) is 0. The first-order valence-corrected chi connectivity index (χ1v) is 10.2. The van der Waals surface area contributed by atoms with Crippen LogP contribution in [0.5, 0.6) is 0 Å². The molecule has 0 bridgehead atoms. The molecule has 0 saturated carbocycles. The topological polar surface area (TPSA) is 77.6 Å². The van der Waals surface area contributed by atoms with E-state index in [9.17, 15) is 9.59 Å². The van der Waals surface area contributed by atoms with Gasteiger partial charge in [0, 0.05) is 45.5 Å². The number of piperidine rings is 2.